The zero-order valence-corrected chi connectivity index (χ0v) is 11.9. The Balaban J connectivity index is 2.33. The minimum atomic E-state index is -1.08. The Kier molecular flexibility index (Phi) is 4.13. The predicted molar refractivity (Wildman–Crippen MR) is 83.2 cm³/mol. The number of aliphatic carboxylic acids is 1. The van der Waals surface area contributed by atoms with Crippen molar-refractivity contribution >= 4 is 11.5 Å². The third-order valence-corrected chi connectivity index (χ3v) is 3.73. The molecule has 0 aliphatic rings. The summed E-state index contributed by atoms with van der Waals surface area (Å²) in [6, 6.07) is 15.8. The normalized spacial score (nSPS) is 13.4. The summed E-state index contributed by atoms with van der Waals surface area (Å²) in [5.74, 6) is -0.793. The van der Waals surface area contributed by atoms with Gasteiger partial charge in [-0.3, -0.25) is 4.79 Å². The van der Waals surface area contributed by atoms with Crippen LogP contribution in [-0.4, -0.2) is 16.2 Å². The molecule has 2 N–H and O–H groups in total. The SMILES string of the molecule is C=C(CC(C)(C(=O)O)c1ccc(O)cc1)c1ccccc1. The average molecular weight is 282 g/mol. The van der Waals surface area contributed by atoms with Crippen molar-refractivity contribution in [1.29, 1.82) is 0 Å². The van der Waals surface area contributed by atoms with E-state index in [2.05, 4.69) is 6.58 Å². The van der Waals surface area contributed by atoms with E-state index in [-0.39, 0.29) is 5.75 Å². The third-order valence-electron chi connectivity index (χ3n) is 3.73. The molecule has 0 spiro atoms. The molecule has 0 radical (unpaired) electrons. The first kappa shape index (κ1) is 14.9. The number of aromatic hydroxyl groups is 1. The van der Waals surface area contributed by atoms with Crippen LogP contribution in [0.4, 0.5) is 0 Å². The second-order valence-electron chi connectivity index (χ2n) is 5.33. The lowest BCUT2D eigenvalue weighted by atomic mass is 9.76. The van der Waals surface area contributed by atoms with Crippen molar-refractivity contribution in [3.05, 3.63) is 72.3 Å². The van der Waals surface area contributed by atoms with Gasteiger partial charge in [-0.15, -0.1) is 0 Å². The molecule has 0 aliphatic heterocycles. The lowest BCUT2D eigenvalue weighted by Gasteiger charge is -2.26. The molecular weight excluding hydrogens is 264 g/mol. The summed E-state index contributed by atoms with van der Waals surface area (Å²) < 4.78 is 0. The van der Waals surface area contributed by atoms with Crippen LogP contribution in [0.3, 0.4) is 0 Å². The van der Waals surface area contributed by atoms with Gasteiger partial charge in [-0.05, 0) is 42.2 Å². The molecule has 1 unspecified atom stereocenters. The zero-order valence-electron chi connectivity index (χ0n) is 11.9. The maximum atomic E-state index is 11.8. The summed E-state index contributed by atoms with van der Waals surface area (Å²) in [5.41, 5.74) is 1.27. The van der Waals surface area contributed by atoms with Crippen molar-refractivity contribution in [2.45, 2.75) is 18.8 Å². The smallest absolute Gasteiger partial charge is 0.314 e. The highest BCUT2D eigenvalue weighted by atomic mass is 16.4. The van der Waals surface area contributed by atoms with Gasteiger partial charge in [-0.25, -0.2) is 0 Å². The molecule has 108 valence electrons. The summed E-state index contributed by atoms with van der Waals surface area (Å²) in [6.45, 7) is 5.70. The van der Waals surface area contributed by atoms with Gasteiger partial charge in [0.15, 0.2) is 0 Å². The standard InChI is InChI=1S/C18H18O3/c1-13(14-6-4-3-5-7-14)12-18(2,17(20)21)15-8-10-16(19)11-9-15/h3-11,19H,1,12H2,2H3,(H,20,21). The molecule has 0 bridgehead atoms. The minimum absolute atomic E-state index is 0.119. The molecular formula is C18H18O3. The number of hydrogen-bond acceptors (Lipinski definition) is 2. The van der Waals surface area contributed by atoms with Crippen LogP contribution in [0.5, 0.6) is 5.75 Å². The van der Waals surface area contributed by atoms with Gasteiger partial charge in [0.05, 0.1) is 5.41 Å². The molecule has 3 heteroatoms. The van der Waals surface area contributed by atoms with Gasteiger partial charge >= 0.3 is 5.97 Å². The van der Waals surface area contributed by atoms with Crippen molar-refractivity contribution in [2.24, 2.45) is 0 Å². The zero-order chi connectivity index (χ0) is 15.5. The fraction of sp³-hybridized carbons (Fsp3) is 0.167. The number of carboxylic acid groups (broad SMARTS) is 1. The molecule has 2 rings (SSSR count). The van der Waals surface area contributed by atoms with Crippen LogP contribution < -0.4 is 0 Å². The van der Waals surface area contributed by atoms with Crippen LogP contribution in [0.1, 0.15) is 24.5 Å². The van der Waals surface area contributed by atoms with E-state index in [1.165, 1.54) is 12.1 Å². The number of allylic oxidation sites excluding steroid dienone is 1. The van der Waals surface area contributed by atoms with E-state index in [1.807, 2.05) is 30.3 Å². The van der Waals surface area contributed by atoms with Gasteiger partial charge in [-0.1, -0.05) is 49.0 Å². The first-order valence-electron chi connectivity index (χ1n) is 6.69. The van der Waals surface area contributed by atoms with E-state index in [9.17, 15) is 15.0 Å². The summed E-state index contributed by atoms with van der Waals surface area (Å²) in [6.07, 6.45) is 0.303. The summed E-state index contributed by atoms with van der Waals surface area (Å²) in [4.78, 5) is 11.8. The van der Waals surface area contributed by atoms with Crippen molar-refractivity contribution in [2.75, 3.05) is 0 Å². The van der Waals surface area contributed by atoms with Gasteiger partial charge in [-0.2, -0.15) is 0 Å². The first-order chi connectivity index (χ1) is 9.93. The number of benzene rings is 2. The molecule has 0 aromatic heterocycles. The van der Waals surface area contributed by atoms with E-state index in [4.69, 9.17) is 0 Å². The van der Waals surface area contributed by atoms with Crippen LogP contribution in [0.2, 0.25) is 0 Å². The highest BCUT2D eigenvalue weighted by Gasteiger charge is 2.35. The minimum Gasteiger partial charge on any atom is -0.508 e. The lowest BCUT2D eigenvalue weighted by molar-refractivity contribution is -0.143. The molecule has 2 aromatic carbocycles. The largest absolute Gasteiger partial charge is 0.508 e. The van der Waals surface area contributed by atoms with E-state index in [0.29, 0.717) is 12.0 Å². The number of hydrogen-bond donors (Lipinski definition) is 2. The predicted octanol–water partition coefficient (Wildman–Crippen LogP) is 3.84. The fourth-order valence-electron chi connectivity index (χ4n) is 2.33. The molecule has 21 heavy (non-hydrogen) atoms. The number of phenolic OH excluding ortho intramolecular Hbond substituents is 1. The molecule has 1 atom stereocenters. The second kappa shape index (κ2) is 5.83. The topological polar surface area (TPSA) is 57.5 Å². The van der Waals surface area contributed by atoms with Gasteiger partial charge in [0.1, 0.15) is 5.75 Å². The molecule has 0 heterocycles. The Hall–Kier alpha value is -2.55. The molecule has 0 amide bonds. The van der Waals surface area contributed by atoms with Crippen molar-refractivity contribution in [3.63, 3.8) is 0 Å². The Morgan fingerprint density at radius 1 is 1.10 bits per heavy atom. The first-order valence-corrected chi connectivity index (χ1v) is 6.69. The number of rotatable bonds is 5. The van der Waals surface area contributed by atoms with Crippen LogP contribution in [0, 0.1) is 0 Å². The second-order valence-corrected chi connectivity index (χ2v) is 5.33. The van der Waals surface area contributed by atoms with Crippen LogP contribution in [0.25, 0.3) is 5.57 Å². The number of phenols is 1. The van der Waals surface area contributed by atoms with Crippen LogP contribution in [0.15, 0.2) is 61.2 Å². The maximum Gasteiger partial charge on any atom is 0.314 e. The van der Waals surface area contributed by atoms with E-state index >= 15 is 0 Å². The number of carbonyl (C=O) groups is 1. The highest BCUT2D eigenvalue weighted by molar-refractivity contribution is 5.84. The van der Waals surface area contributed by atoms with E-state index < -0.39 is 11.4 Å². The van der Waals surface area contributed by atoms with Crippen molar-refractivity contribution < 1.29 is 15.0 Å². The molecule has 2 aromatic rings. The van der Waals surface area contributed by atoms with Crippen LogP contribution in [-0.2, 0) is 10.2 Å². The Morgan fingerprint density at radius 2 is 1.67 bits per heavy atom. The van der Waals surface area contributed by atoms with Gasteiger partial charge < -0.3 is 10.2 Å². The lowest BCUT2D eigenvalue weighted by Crippen LogP contribution is -2.32. The highest BCUT2D eigenvalue weighted by Crippen LogP contribution is 2.35. The van der Waals surface area contributed by atoms with Gasteiger partial charge in [0.2, 0.25) is 0 Å². The monoisotopic (exact) mass is 282 g/mol. The molecule has 0 saturated carbocycles. The molecule has 0 saturated heterocycles. The third kappa shape index (κ3) is 3.14. The Labute approximate surface area is 124 Å². The van der Waals surface area contributed by atoms with E-state index in [1.54, 1.807) is 19.1 Å². The molecule has 3 nitrogen and oxygen atoms in total. The summed E-state index contributed by atoms with van der Waals surface area (Å²) >= 11 is 0. The Bertz CT molecular complexity index is 644. The number of carboxylic acids is 1. The van der Waals surface area contributed by atoms with Crippen molar-refractivity contribution in [1.82, 2.24) is 0 Å². The average Bonchev–Trinajstić information content (AvgIpc) is 2.48. The summed E-state index contributed by atoms with van der Waals surface area (Å²) in [5, 5.41) is 19.0. The van der Waals surface area contributed by atoms with Gasteiger partial charge in [0.25, 0.3) is 0 Å². The van der Waals surface area contributed by atoms with Gasteiger partial charge in [0, 0.05) is 0 Å². The Morgan fingerprint density at radius 3 is 2.19 bits per heavy atom. The molecule has 0 aliphatic carbocycles. The van der Waals surface area contributed by atoms with Crippen molar-refractivity contribution in [3.8, 4) is 5.75 Å². The fourth-order valence-corrected chi connectivity index (χ4v) is 2.33. The van der Waals surface area contributed by atoms with E-state index in [0.717, 1.165) is 11.1 Å². The quantitative estimate of drug-likeness (QED) is 0.876. The summed E-state index contributed by atoms with van der Waals surface area (Å²) in [7, 11) is 0. The maximum absolute atomic E-state index is 11.8. The van der Waals surface area contributed by atoms with Crippen LogP contribution >= 0.6 is 0 Å². The molecule has 0 fully saturated rings.